The standard InChI is InChI=1S/C12H13NO2/c1-12(2,14)11-8-10(13-15-11)9-6-4-3-5-7-9/h3-8,14H,1-2H3. The van der Waals surface area contributed by atoms with Crippen LogP contribution in [-0.2, 0) is 5.60 Å². The number of hydrogen-bond donors (Lipinski definition) is 1. The second kappa shape index (κ2) is 3.51. The molecule has 0 aliphatic heterocycles. The molecule has 0 saturated heterocycles. The van der Waals surface area contributed by atoms with E-state index in [0.29, 0.717) is 5.76 Å². The zero-order valence-corrected chi connectivity index (χ0v) is 8.77. The molecule has 3 heteroatoms. The van der Waals surface area contributed by atoms with Gasteiger partial charge in [-0.05, 0) is 13.8 Å². The number of benzene rings is 1. The molecule has 0 unspecified atom stereocenters. The number of hydrogen-bond acceptors (Lipinski definition) is 3. The molecule has 0 bridgehead atoms. The fourth-order valence-electron chi connectivity index (χ4n) is 1.31. The van der Waals surface area contributed by atoms with Gasteiger partial charge in [0.25, 0.3) is 0 Å². The van der Waals surface area contributed by atoms with Crippen LogP contribution in [0.1, 0.15) is 19.6 Å². The van der Waals surface area contributed by atoms with Crippen LogP contribution >= 0.6 is 0 Å². The average Bonchev–Trinajstić information content (AvgIpc) is 2.67. The summed E-state index contributed by atoms with van der Waals surface area (Å²) in [5.74, 6) is 0.473. The minimum absolute atomic E-state index is 0.473. The smallest absolute Gasteiger partial charge is 0.168 e. The lowest BCUT2D eigenvalue weighted by Gasteiger charge is -2.10. The highest BCUT2D eigenvalue weighted by Crippen LogP contribution is 2.25. The van der Waals surface area contributed by atoms with Gasteiger partial charge in [0.2, 0.25) is 0 Å². The number of aromatic nitrogens is 1. The second-order valence-electron chi connectivity index (χ2n) is 4.00. The van der Waals surface area contributed by atoms with Crippen LogP contribution in [0.3, 0.4) is 0 Å². The normalized spacial score (nSPS) is 11.7. The molecular weight excluding hydrogens is 190 g/mol. The summed E-state index contributed by atoms with van der Waals surface area (Å²) < 4.78 is 5.08. The maximum atomic E-state index is 9.72. The molecule has 0 spiro atoms. The van der Waals surface area contributed by atoms with E-state index in [2.05, 4.69) is 5.16 Å². The average molecular weight is 203 g/mol. The van der Waals surface area contributed by atoms with Gasteiger partial charge in [-0.1, -0.05) is 35.5 Å². The van der Waals surface area contributed by atoms with Crippen molar-refractivity contribution < 1.29 is 9.63 Å². The summed E-state index contributed by atoms with van der Waals surface area (Å²) in [5, 5.41) is 13.6. The molecule has 15 heavy (non-hydrogen) atoms. The van der Waals surface area contributed by atoms with Gasteiger partial charge in [0.05, 0.1) is 0 Å². The van der Waals surface area contributed by atoms with Crippen LogP contribution in [0.15, 0.2) is 40.9 Å². The van der Waals surface area contributed by atoms with Gasteiger partial charge in [0, 0.05) is 11.6 Å². The Bertz CT molecular complexity index is 440. The van der Waals surface area contributed by atoms with Crippen molar-refractivity contribution in [3.63, 3.8) is 0 Å². The molecule has 1 heterocycles. The first-order valence-corrected chi connectivity index (χ1v) is 4.82. The summed E-state index contributed by atoms with van der Waals surface area (Å²) in [6.45, 7) is 3.34. The number of nitrogens with zero attached hydrogens (tertiary/aromatic N) is 1. The molecule has 0 fully saturated rings. The van der Waals surface area contributed by atoms with E-state index in [4.69, 9.17) is 4.52 Å². The zero-order valence-electron chi connectivity index (χ0n) is 8.77. The highest BCUT2D eigenvalue weighted by atomic mass is 16.5. The molecule has 2 rings (SSSR count). The summed E-state index contributed by atoms with van der Waals surface area (Å²) in [4.78, 5) is 0. The van der Waals surface area contributed by atoms with Crippen molar-refractivity contribution in [1.29, 1.82) is 0 Å². The van der Waals surface area contributed by atoms with Gasteiger partial charge in [0.15, 0.2) is 5.76 Å². The highest BCUT2D eigenvalue weighted by molar-refractivity contribution is 5.58. The lowest BCUT2D eigenvalue weighted by molar-refractivity contribution is 0.0476. The molecule has 1 aromatic heterocycles. The molecule has 2 aromatic rings. The molecule has 0 radical (unpaired) electrons. The molecule has 1 N–H and O–H groups in total. The molecule has 0 saturated carbocycles. The minimum Gasteiger partial charge on any atom is -0.382 e. The minimum atomic E-state index is -0.986. The van der Waals surface area contributed by atoms with Crippen LogP contribution in [0.4, 0.5) is 0 Å². The van der Waals surface area contributed by atoms with Crippen LogP contribution in [0.25, 0.3) is 11.3 Å². The third kappa shape index (κ3) is 2.07. The molecule has 1 aromatic carbocycles. The second-order valence-corrected chi connectivity index (χ2v) is 4.00. The van der Waals surface area contributed by atoms with Crippen LogP contribution in [0, 0.1) is 0 Å². The molecule has 0 amide bonds. The first-order chi connectivity index (χ1) is 7.07. The summed E-state index contributed by atoms with van der Waals surface area (Å²) in [6, 6.07) is 11.5. The Morgan fingerprint density at radius 3 is 2.40 bits per heavy atom. The lowest BCUT2D eigenvalue weighted by Crippen LogP contribution is -2.13. The summed E-state index contributed by atoms with van der Waals surface area (Å²) in [7, 11) is 0. The predicted octanol–water partition coefficient (Wildman–Crippen LogP) is 2.57. The van der Waals surface area contributed by atoms with Crippen LogP contribution in [0.5, 0.6) is 0 Å². The monoisotopic (exact) mass is 203 g/mol. The third-order valence-corrected chi connectivity index (χ3v) is 2.18. The Labute approximate surface area is 88.3 Å². The summed E-state index contributed by atoms with van der Waals surface area (Å²) in [5.41, 5.74) is 0.740. The topological polar surface area (TPSA) is 46.3 Å². The van der Waals surface area contributed by atoms with E-state index in [1.54, 1.807) is 19.9 Å². The predicted molar refractivity (Wildman–Crippen MR) is 57.2 cm³/mol. The van der Waals surface area contributed by atoms with Gasteiger partial charge in [-0.2, -0.15) is 0 Å². The first-order valence-electron chi connectivity index (χ1n) is 4.82. The van der Waals surface area contributed by atoms with Crippen LogP contribution in [-0.4, -0.2) is 10.3 Å². The highest BCUT2D eigenvalue weighted by Gasteiger charge is 2.22. The Hall–Kier alpha value is -1.61. The van der Waals surface area contributed by atoms with E-state index in [1.165, 1.54) is 0 Å². The molecule has 0 aliphatic carbocycles. The number of aliphatic hydroxyl groups is 1. The van der Waals surface area contributed by atoms with Crippen LogP contribution < -0.4 is 0 Å². The van der Waals surface area contributed by atoms with E-state index < -0.39 is 5.60 Å². The van der Waals surface area contributed by atoms with Gasteiger partial charge in [-0.15, -0.1) is 0 Å². The number of rotatable bonds is 2. The van der Waals surface area contributed by atoms with Gasteiger partial charge in [-0.3, -0.25) is 0 Å². The van der Waals surface area contributed by atoms with Crippen LogP contribution in [0.2, 0.25) is 0 Å². The fraction of sp³-hybridized carbons (Fsp3) is 0.250. The maximum absolute atomic E-state index is 9.72. The van der Waals surface area contributed by atoms with Gasteiger partial charge < -0.3 is 9.63 Å². The zero-order chi connectivity index (χ0) is 10.9. The quantitative estimate of drug-likeness (QED) is 0.815. The third-order valence-electron chi connectivity index (χ3n) is 2.18. The van der Waals surface area contributed by atoms with E-state index in [-0.39, 0.29) is 0 Å². The Morgan fingerprint density at radius 1 is 1.20 bits per heavy atom. The Morgan fingerprint density at radius 2 is 1.87 bits per heavy atom. The maximum Gasteiger partial charge on any atom is 0.168 e. The van der Waals surface area contributed by atoms with E-state index >= 15 is 0 Å². The largest absolute Gasteiger partial charge is 0.382 e. The van der Waals surface area contributed by atoms with Crippen molar-refractivity contribution in [2.24, 2.45) is 0 Å². The van der Waals surface area contributed by atoms with Crippen molar-refractivity contribution in [2.45, 2.75) is 19.4 Å². The van der Waals surface area contributed by atoms with E-state index in [9.17, 15) is 5.11 Å². The fourth-order valence-corrected chi connectivity index (χ4v) is 1.31. The van der Waals surface area contributed by atoms with E-state index in [0.717, 1.165) is 11.3 Å². The van der Waals surface area contributed by atoms with Gasteiger partial charge >= 0.3 is 0 Å². The van der Waals surface area contributed by atoms with Crippen molar-refractivity contribution in [3.05, 3.63) is 42.2 Å². The molecule has 78 valence electrons. The summed E-state index contributed by atoms with van der Waals surface area (Å²) >= 11 is 0. The molecule has 3 nitrogen and oxygen atoms in total. The van der Waals surface area contributed by atoms with E-state index in [1.807, 2.05) is 30.3 Å². The van der Waals surface area contributed by atoms with Crippen molar-refractivity contribution in [2.75, 3.05) is 0 Å². The molecular formula is C12H13NO2. The van der Waals surface area contributed by atoms with Crippen molar-refractivity contribution >= 4 is 0 Å². The summed E-state index contributed by atoms with van der Waals surface area (Å²) in [6.07, 6.45) is 0. The van der Waals surface area contributed by atoms with Crippen molar-refractivity contribution in [3.8, 4) is 11.3 Å². The van der Waals surface area contributed by atoms with Gasteiger partial charge in [0.1, 0.15) is 11.3 Å². The molecule has 0 aliphatic rings. The molecule has 0 atom stereocenters. The van der Waals surface area contributed by atoms with Crippen molar-refractivity contribution in [1.82, 2.24) is 5.16 Å². The first kappa shape index (κ1) is 9.93. The lowest BCUT2D eigenvalue weighted by atomic mass is 10.1. The SMILES string of the molecule is CC(C)(O)c1cc(-c2ccccc2)no1. The Balaban J connectivity index is 2.37. The van der Waals surface area contributed by atoms with Gasteiger partial charge in [-0.25, -0.2) is 0 Å². The Kier molecular flexibility index (Phi) is 2.32.